The van der Waals surface area contributed by atoms with Crippen LogP contribution < -0.4 is 4.74 Å². The average molecular weight is 756 g/mol. The Balaban J connectivity index is 1.46. The highest BCUT2D eigenvalue weighted by molar-refractivity contribution is 9.10. The van der Waals surface area contributed by atoms with Gasteiger partial charge < -0.3 is 4.74 Å². The molecular formula is C30H14BrCl5N2O6. The molecule has 0 unspecified atom stereocenters. The minimum Gasteiger partial charge on any atom is -0.423 e. The number of amides is 3. The second-order valence-corrected chi connectivity index (χ2v) is 11.9. The first-order valence-corrected chi connectivity index (χ1v) is 15.0. The Hall–Kier alpha value is -3.44. The summed E-state index contributed by atoms with van der Waals surface area (Å²) in [6.45, 7) is -0.787. The van der Waals surface area contributed by atoms with Gasteiger partial charge in [-0.25, -0.2) is 9.80 Å². The summed E-state index contributed by atoms with van der Waals surface area (Å²) in [6.07, 6.45) is 0. The molecule has 0 aromatic heterocycles. The molecule has 44 heavy (non-hydrogen) atoms. The van der Waals surface area contributed by atoms with Crippen molar-refractivity contribution in [2.75, 3.05) is 6.54 Å². The molecule has 222 valence electrons. The Morgan fingerprint density at radius 2 is 1.23 bits per heavy atom. The Morgan fingerprint density at radius 3 is 1.77 bits per heavy atom. The van der Waals surface area contributed by atoms with Gasteiger partial charge in [0, 0.05) is 10.0 Å². The number of Topliss-reactive ketones (excluding diaryl/α,β-unsaturated/α-hetero) is 1. The number of esters is 1. The summed E-state index contributed by atoms with van der Waals surface area (Å²) in [5.41, 5.74) is -0.466. The molecule has 1 aliphatic rings. The predicted molar refractivity (Wildman–Crippen MR) is 169 cm³/mol. The molecule has 0 saturated carbocycles. The number of ether oxygens (including phenoxy) is 1. The third-order valence-corrected chi connectivity index (χ3v) is 9.08. The van der Waals surface area contributed by atoms with Gasteiger partial charge in [-0.3, -0.25) is 19.2 Å². The van der Waals surface area contributed by atoms with E-state index in [-0.39, 0.29) is 53.1 Å². The van der Waals surface area contributed by atoms with Crippen molar-refractivity contribution in [3.8, 4) is 5.75 Å². The lowest BCUT2D eigenvalue weighted by molar-refractivity contribution is 0.00532. The van der Waals surface area contributed by atoms with Crippen LogP contribution in [0.4, 0.5) is 0 Å². The topological polar surface area (TPSA) is 101 Å². The molecule has 5 rings (SSSR count). The third-order valence-electron chi connectivity index (χ3n) is 6.42. The van der Waals surface area contributed by atoms with Gasteiger partial charge >= 0.3 is 5.97 Å². The molecule has 1 aliphatic heterocycles. The number of carbonyl (C=O) groups excluding carboxylic acids is 5. The second kappa shape index (κ2) is 12.9. The van der Waals surface area contributed by atoms with Crippen LogP contribution in [0.25, 0.3) is 0 Å². The van der Waals surface area contributed by atoms with Gasteiger partial charge in [-0.2, -0.15) is 5.01 Å². The number of hydrogen-bond acceptors (Lipinski definition) is 6. The molecule has 8 nitrogen and oxygen atoms in total. The Bertz CT molecular complexity index is 1840. The SMILES string of the molecule is O=C(CN(C(=O)c1ccccc1Cl)N1C(=O)c2c(Cl)c(Cl)c(Cl)c(Cl)c2C1=O)c1ccc(OC(=O)c2ccc(Br)cc2)cc1. The van der Waals surface area contributed by atoms with Crippen LogP contribution in [-0.2, 0) is 0 Å². The first-order chi connectivity index (χ1) is 20.9. The molecule has 4 aromatic carbocycles. The number of hydrogen-bond donors (Lipinski definition) is 0. The van der Waals surface area contributed by atoms with E-state index in [4.69, 9.17) is 62.7 Å². The molecule has 0 saturated heterocycles. The fourth-order valence-corrected chi connectivity index (χ4v) is 5.75. The van der Waals surface area contributed by atoms with Gasteiger partial charge in [0.1, 0.15) is 12.3 Å². The molecule has 0 aliphatic carbocycles. The van der Waals surface area contributed by atoms with Crippen molar-refractivity contribution < 1.29 is 28.7 Å². The fourth-order valence-electron chi connectivity index (χ4n) is 4.25. The minimum atomic E-state index is -1.06. The number of imide groups is 1. The fraction of sp³-hybridized carbons (Fsp3) is 0.0333. The molecule has 1 heterocycles. The summed E-state index contributed by atoms with van der Waals surface area (Å²) < 4.78 is 6.15. The highest BCUT2D eigenvalue weighted by atomic mass is 79.9. The molecule has 0 radical (unpaired) electrons. The van der Waals surface area contributed by atoms with E-state index < -0.39 is 36.0 Å². The van der Waals surface area contributed by atoms with Crippen LogP contribution in [0.3, 0.4) is 0 Å². The molecular weight excluding hydrogens is 742 g/mol. The number of ketones is 1. The van der Waals surface area contributed by atoms with Crippen molar-refractivity contribution >= 4 is 103 Å². The van der Waals surface area contributed by atoms with Crippen molar-refractivity contribution in [2.45, 2.75) is 0 Å². The minimum absolute atomic E-state index is 0.00524. The highest BCUT2D eigenvalue weighted by Crippen LogP contribution is 2.45. The van der Waals surface area contributed by atoms with E-state index in [1.165, 1.54) is 42.5 Å². The van der Waals surface area contributed by atoms with Crippen molar-refractivity contribution in [3.63, 3.8) is 0 Å². The van der Waals surface area contributed by atoms with Crippen LogP contribution in [0, 0.1) is 0 Å². The van der Waals surface area contributed by atoms with Gasteiger partial charge in [0.25, 0.3) is 17.7 Å². The van der Waals surface area contributed by atoms with Gasteiger partial charge in [0.15, 0.2) is 5.78 Å². The Kier molecular flexibility index (Phi) is 9.36. The number of nitrogens with zero attached hydrogens (tertiary/aromatic N) is 2. The van der Waals surface area contributed by atoms with Gasteiger partial charge in [0.2, 0.25) is 0 Å². The number of hydrazine groups is 1. The zero-order valence-electron chi connectivity index (χ0n) is 21.7. The second-order valence-electron chi connectivity index (χ2n) is 9.11. The standard InChI is InChI=1S/C30H14BrCl5N2O6/c31-16-9-5-15(6-10-16)30(43)44-17-11-7-14(8-12-17)20(39)13-37(27(40)18-3-1-2-4-19(18)32)38-28(41)21-22(29(38)42)24(34)26(36)25(35)23(21)33/h1-12H,13H2. The van der Waals surface area contributed by atoms with Crippen molar-refractivity contribution in [3.05, 3.63) is 130 Å². The Labute approximate surface area is 283 Å². The molecule has 0 bridgehead atoms. The van der Waals surface area contributed by atoms with Crippen molar-refractivity contribution in [1.82, 2.24) is 10.0 Å². The first kappa shape index (κ1) is 32.0. The quantitative estimate of drug-likeness (QED) is 0.0469. The molecule has 3 amide bonds. The number of benzene rings is 4. The van der Waals surface area contributed by atoms with Crippen molar-refractivity contribution in [2.24, 2.45) is 0 Å². The summed E-state index contributed by atoms with van der Waals surface area (Å²) in [6, 6.07) is 17.9. The average Bonchev–Trinajstić information content (AvgIpc) is 3.27. The van der Waals surface area contributed by atoms with Crippen molar-refractivity contribution in [1.29, 1.82) is 0 Å². The molecule has 14 heteroatoms. The largest absolute Gasteiger partial charge is 0.423 e. The Morgan fingerprint density at radius 1 is 0.705 bits per heavy atom. The lowest BCUT2D eigenvalue weighted by atomic mass is 10.1. The summed E-state index contributed by atoms with van der Waals surface area (Å²) in [5.74, 6) is -4.20. The maximum absolute atomic E-state index is 13.8. The predicted octanol–water partition coefficient (Wildman–Crippen LogP) is 8.47. The zero-order chi connectivity index (χ0) is 31.9. The number of halogens is 6. The molecule has 0 fully saturated rings. The normalized spacial score (nSPS) is 12.3. The molecule has 0 atom stereocenters. The summed E-state index contributed by atoms with van der Waals surface area (Å²) in [5, 5.41) is -0.118. The van der Waals surface area contributed by atoms with Gasteiger partial charge in [-0.15, -0.1) is 0 Å². The maximum Gasteiger partial charge on any atom is 0.343 e. The van der Waals surface area contributed by atoms with E-state index >= 15 is 0 Å². The van der Waals surface area contributed by atoms with E-state index in [0.717, 1.165) is 4.47 Å². The van der Waals surface area contributed by atoms with Gasteiger partial charge in [-0.05, 0) is 60.7 Å². The lowest BCUT2D eigenvalue weighted by Crippen LogP contribution is -2.51. The summed E-state index contributed by atoms with van der Waals surface area (Å²) in [7, 11) is 0. The van der Waals surface area contributed by atoms with Gasteiger partial charge in [0.05, 0.1) is 47.4 Å². The smallest absolute Gasteiger partial charge is 0.343 e. The van der Waals surface area contributed by atoms with Crippen LogP contribution in [0.15, 0.2) is 77.3 Å². The van der Waals surface area contributed by atoms with Crippen LogP contribution in [0.5, 0.6) is 5.75 Å². The zero-order valence-corrected chi connectivity index (χ0v) is 27.1. The van der Waals surface area contributed by atoms with Crippen LogP contribution in [-0.4, -0.2) is 46.0 Å². The number of carbonyl (C=O) groups is 5. The van der Waals surface area contributed by atoms with Crippen LogP contribution in [0.1, 0.15) is 51.8 Å². The molecule has 0 spiro atoms. The van der Waals surface area contributed by atoms with E-state index in [2.05, 4.69) is 15.9 Å². The van der Waals surface area contributed by atoms with Crippen LogP contribution >= 0.6 is 73.9 Å². The van der Waals surface area contributed by atoms with E-state index in [1.54, 1.807) is 30.3 Å². The number of fused-ring (bicyclic) bond motifs is 1. The first-order valence-electron chi connectivity index (χ1n) is 12.3. The number of rotatable bonds is 7. The third kappa shape index (κ3) is 5.96. The maximum atomic E-state index is 13.8. The summed E-state index contributed by atoms with van der Waals surface area (Å²) >= 11 is 34.3. The van der Waals surface area contributed by atoms with Gasteiger partial charge in [-0.1, -0.05) is 86.1 Å². The lowest BCUT2D eigenvalue weighted by Gasteiger charge is -2.29. The van der Waals surface area contributed by atoms with E-state index in [1.807, 2.05) is 0 Å². The van der Waals surface area contributed by atoms with E-state index in [9.17, 15) is 24.0 Å². The molecule has 0 N–H and O–H groups in total. The van der Waals surface area contributed by atoms with E-state index in [0.29, 0.717) is 15.6 Å². The van der Waals surface area contributed by atoms with Crippen LogP contribution in [0.2, 0.25) is 25.1 Å². The monoisotopic (exact) mass is 752 g/mol. The highest BCUT2D eigenvalue weighted by Gasteiger charge is 2.46. The molecule has 4 aromatic rings. The summed E-state index contributed by atoms with van der Waals surface area (Å²) in [4.78, 5) is 66.8.